The van der Waals surface area contributed by atoms with Gasteiger partial charge < -0.3 is 9.84 Å². The lowest BCUT2D eigenvalue weighted by Gasteiger charge is -2.25. The van der Waals surface area contributed by atoms with E-state index in [1.165, 1.54) is 12.1 Å². The van der Waals surface area contributed by atoms with Crippen molar-refractivity contribution < 1.29 is 23.1 Å². The Morgan fingerprint density at radius 1 is 1.30 bits per heavy atom. The first-order valence-electron chi connectivity index (χ1n) is 7.84. The quantitative estimate of drug-likeness (QED) is 0.791. The van der Waals surface area contributed by atoms with Crippen LogP contribution >= 0.6 is 0 Å². The Morgan fingerprint density at radius 3 is 2.43 bits per heavy atom. The summed E-state index contributed by atoms with van der Waals surface area (Å²) < 4.78 is 31.6. The SMILES string of the molecule is CCNS(=O)(=O)c1ccc(C(CC2CCOCC2)C(=O)O)cc1. The zero-order chi connectivity index (χ0) is 16.9. The Bertz CT molecular complexity index is 620. The molecule has 128 valence electrons. The van der Waals surface area contributed by atoms with Crippen molar-refractivity contribution in [2.45, 2.75) is 37.0 Å². The number of aliphatic carboxylic acids is 1. The number of nitrogens with one attached hydrogen (secondary N) is 1. The molecule has 6 nitrogen and oxygen atoms in total. The van der Waals surface area contributed by atoms with Crippen LogP contribution in [-0.2, 0) is 19.6 Å². The summed E-state index contributed by atoms with van der Waals surface area (Å²) in [5.41, 5.74) is 0.638. The molecule has 1 fully saturated rings. The number of carboxylic acids is 1. The number of hydrogen-bond donors (Lipinski definition) is 2. The van der Waals surface area contributed by atoms with Gasteiger partial charge in [0.1, 0.15) is 0 Å². The van der Waals surface area contributed by atoms with Gasteiger partial charge >= 0.3 is 5.97 Å². The normalized spacial score (nSPS) is 17.8. The van der Waals surface area contributed by atoms with Crippen LogP contribution in [0.2, 0.25) is 0 Å². The molecule has 7 heteroatoms. The number of benzene rings is 1. The first kappa shape index (κ1) is 17.9. The van der Waals surface area contributed by atoms with Crippen molar-refractivity contribution in [2.75, 3.05) is 19.8 Å². The van der Waals surface area contributed by atoms with E-state index in [9.17, 15) is 18.3 Å². The molecular formula is C16H23NO5S. The van der Waals surface area contributed by atoms with E-state index >= 15 is 0 Å². The number of carboxylic acid groups (broad SMARTS) is 1. The van der Waals surface area contributed by atoms with Gasteiger partial charge in [-0.1, -0.05) is 19.1 Å². The third kappa shape index (κ3) is 4.76. The first-order valence-corrected chi connectivity index (χ1v) is 9.32. The summed E-state index contributed by atoms with van der Waals surface area (Å²) in [5.74, 6) is -1.16. The Balaban J connectivity index is 2.15. The second kappa shape index (κ2) is 7.90. The molecule has 1 heterocycles. The van der Waals surface area contributed by atoms with E-state index in [0.717, 1.165) is 12.8 Å². The summed E-state index contributed by atoms with van der Waals surface area (Å²) in [5, 5.41) is 9.51. The fourth-order valence-corrected chi connectivity index (χ4v) is 3.89. The van der Waals surface area contributed by atoms with Crippen LogP contribution in [0.25, 0.3) is 0 Å². The van der Waals surface area contributed by atoms with Gasteiger partial charge in [-0.05, 0) is 42.9 Å². The van der Waals surface area contributed by atoms with E-state index < -0.39 is 21.9 Å². The molecule has 0 bridgehead atoms. The number of ether oxygens (including phenoxy) is 1. The van der Waals surface area contributed by atoms with E-state index in [2.05, 4.69) is 4.72 Å². The van der Waals surface area contributed by atoms with Gasteiger partial charge in [-0.15, -0.1) is 0 Å². The standard InChI is InChI=1S/C16H23NO5S/c1-2-17-23(20,21)14-5-3-13(4-6-14)15(16(18)19)11-12-7-9-22-10-8-12/h3-6,12,15,17H,2,7-11H2,1H3,(H,18,19). The maximum atomic E-state index is 11.9. The Morgan fingerprint density at radius 2 is 1.91 bits per heavy atom. The number of carbonyl (C=O) groups is 1. The highest BCUT2D eigenvalue weighted by molar-refractivity contribution is 7.89. The van der Waals surface area contributed by atoms with Crippen LogP contribution in [0.1, 0.15) is 37.7 Å². The minimum Gasteiger partial charge on any atom is -0.481 e. The van der Waals surface area contributed by atoms with Crippen molar-refractivity contribution >= 4 is 16.0 Å². The highest BCUT2D eigenvalue weighted by Crippen LogP contribution is 2.30. The van der Waals surface area contributed by atoms with Crippen molar-refractivity contribution in [1.29, 1.82) is 0 Å². The molecule has 0 radical (unpaired) electrons. The van der Waals surface area contributed by atoms with Crippen LogP contribution in [0.5, 0.6) is 0 Å². The number of sulfonamides is 1. The van der Waals surface area contributed by atoms with Crippen LogP contribution < -0.4 is 4.72 Å². The van der Waals surface area contributed by atoms with E-state index in [0.29, 0.717) is 37.7 Å². The summed E-state index contributed by atoms with van der Waals surface area (Å²) in [6.45, 7) is 3.37. The van der Waals surface area contributed by atoms with Gasteiger partial charge in [0.2, 0.25) is 10.0 Å². The third-order valence-electron chi connectivity index (χ3n) is 4.14. The minimum atomic E-state index is -3.51. The fraction of sp³-hybridized carbons (Fsp3) is 0.562. The molecule has 0 aliphatic carbocycles. The molecule has 0 saturated carbocycles. The van der Waals surface area contributed by atoms with E-state index in [-0.39, 0.29) is 4.90 Å². The van der Waals surface area contributed by atoms with Crippen LogP contribution in [0.15, 0.2) is 29.2 Å². The van der Waals surface area contributed by atoms with Crippen molar-refractivity contribution in [2.24, 2.45) is 5.92 Å². The highest BCUT2D eigenvalue weighted by atomic mass is 32.2. The molecule has 1 unspecified atom stereocenters. The molecule has 23 heavy (non-hydrogen) atoms. The van der Waals surface area contributed by atoms with Crippen LogP contribution in [0.3, 0.4) is 0 Å². The molecule has 1 saturated heterocycles. The topological polar surface area (TPSA) is 92.7 Å². The lowest BCUT2D eigenvalue weighted by Crippen LogP contribution is -2.23. The second-order valence-electron chi connectivity index (χ2n) is 5.75. The van der Waals surface area contributed by atoms with Crippen LogP contribution in [0, 0.1) is 5.92 Å². The second-order valence-corrected chi connectivity index (χ2v) is 7.52. The predicted molar refractivity (Wildman–Crippen MR) is 85.8 cm³/mol. The van der Waals surface area contributed by atoms with Crippen molar-refractivity contribution in [3.05, 3.63) is 29.8 Å². The van der Waals surface area contributed by atoms with Gasteiger partial charge in [0.15, 0.2) is 0 Å². The van der Waals surface area contributed by atoms with Crippen molar-refractivity contribution in [3.8, 4) is 0 Å². The smallest absolute Gasteiger partial charge is 0.310 e. The first-order chi connectivity index (χ1) is 10.9. The molecule has 0 amide bonds. The average Bonchev–Trinajstić information content (AvgIpc) is 2.53. The molecule has 0 aromatic heterocycles. The lowest BCUT2D eigenvalue weighted by molar-refractivity contribution is -0.139. The third-order valence-corrected chi connectivity index (χ3v) is 5.70. The van der Waals surface area contributed by atoms with Gasteiger partial charge in [0.05, 0.1) is 10.8 Å². The predicted octanol–water partition coefficient (Wildman–Crippen LogP) is 1.97. The van der Waals surface area contributed by atoms with E-state index in [1.54, 1.807) is 19.1 Å². The molecule has 1 aromatic rings. The molecule has 1 atom stereocenters. The number of rotatable bonds is 7. The summed E-state index contributed by atoms with van der Waals surface area (Å²) in [4.78, 5) is 11.7. The molecule has 1 aliphatic heterocycles. The van der Waals surface area contributed by atoms with Crippen LogP contribution in [-0.4, -0.2) is 39.3 Å². The van der Waals surface area contributed by atoms with Gasteiger partial charge in [-0.25, -0.2) is 13.1 Å². The Labute approximate surface area is 136 Å². The van der Waals surface area contributed by atoms with Gasteiger partial charge in [0, 0.05) is 19.8 Å². The summed E-state index contributed by atoms with van der Waals surface area (Å²) in [7, 11) is -3.51. The molecule has 1 aliphatic rings. The van der Waals surface area contributed by atoms with Gasteiger partial charge in [0.25, 0.3) is 0 Å². The highest BCUT2D eigenvalue weighted by Gasteiger charge is 2.26. The molecule has 1 aromatic carbocycles. The van der Waals surface area contributed by atoms with Crippen LogP contribution in [0.4, 0.5) is 0 Å². The molecule has 0 spiro atoms. The fourth-order valence-electron chi connectivity index (χ4n) is 2.85. The average molecular weight is 341 g/mol. The zero-order valence-corrected chi connectivity index (χ0v) is 14.0. The number of hydrogen-bond acceptors (Lipinski definition) is 4. The van der Waals surface area contributed by atoms with E-state index in [4.69, 9.17) is 4.74 Å². The molecule has 2 rings (SSSR count). The molecular weight excluding hydrogens is 318 g/mol. The van der Waals surface area contributed by atoms with Crippen molar-refractivity contribution in [3.63, 3.8) is 0 Å². The monoisotopic (exact) mass is 341 g/mol. The summed E-state index contributed by atoms with van der Waals surface area (Å²) in [6.07, 6.45) is 2.30. The maximum Gasteiger partial charge on any atom is 0.310 e. The van der Waals surface area contributed by atoms with Gasteiger partial charge in [-0.2, -0.15) is 0 Å². The zero-order valence-electron chi connectivity index (χ0n) is 13.2. The molecule has 2 N–H and O–H groups in total. The van der Waals surface area contributed by atoms with Gasteiger partial charge in [-0.3, -0.25) is 4.79 Å². The minimum absolute atomic E-state index is 0.151. The Kier molecular flexibility index (Phi) is 6.15. The largest absolute Gasteiger partial charge is 0.481 e. The summed E-state index contributed by atoms with van der Waals surface area (Å²) >= 11 is 0. The summed E-state index contributed by atoms with van der Waals surface area (Å²) in [6, 6.07) is 6.13. The van der Waals surface area contributed by atoms with E-state index in [1.807, 2.05) is 0 Å². The lowest BCUT2D eigenvalue weighted by atomic mass is 9.85. The Hall–Kier alpha value is -1.44. The van der Waals surface area contributed by atoms with Crippen molar-refractivity contribution in [1.82, 2.24) is 4.72 Å². The maximum absolute atomic E-state index is 11.9.